The van der Waals surface area contributed by atoms with Crippen LogP contribution in [0, 0.1) is 23.2 Å². The summed E-state index contributed by atoms with van der Waals surface area (Å²) in [5, 5.41) is 4.48. The molecule has 0 spiro atoms. The van der Waals surface area contributed by atoms with E-state index < -0.39 is 14.4 Å². The Morgan fingerprint density at radius 2 is 1.54 bits per heavy atom. The topological polar surface area (TPSA) is 75.4 Å². The van der Waals surface area contributed by atoms with Crippen molar-refractivity contribution < 1.29 is 9.59 Å². The third-order valence-corrected chi connectivity index (χ3v) is 11.3. The third-order valence-electron chi connectivity index (χ3n) is 6.76. The van der Waals surface area contributed by atoms with Crippen LogP contribution >= 0.6 is 0 Å². The molecule has 4 nitrogen and oxygen atoms in total. The molecule has 0 saturated carbocycles. The number of allylic oxidation sites excluding steroid dienone is 1. The van der Waals surface area contributed by atoms with Gasteiger partial charge < -0.3 is 15.8 Å². The Hall–Kier alpha value is -2.65. The molecule has 0 heterocycles. The predicted molar refractivity (Wildman–Crippen MR) is 150 cm³/mol. The Labute approximate surface area is 213 Å². The summed E-state index contributed by atoms with van der Waals surface area (Å²) in [4.78, 5) is 24.8. The molecule has 0 aromatic heterocycles. The van der Waals surface area contributed by atoms with Gasteiger partial charge in [0.25, 0.3) is 8.32 Å². The number of nitrogens with two attached hydrogens (primary N) is 1. The van der Waals surface area contributed by atoms with Crippen LogP contribution in [0.4, 0.5) is 0 Å². The van der Waals surface area contributed by atoms with Crippen molar-refractivity contribution in [2.75, 3.05) is 0 Å². The number of benzene rings is 2. The van der Waals surface area contributed by atoms with Crippen molar-refractivity contribution >= 4 is 24.6 Å². The second-order valence-electron chi connectivity index (χ2n) is 11.0. The Bertz CT molecular complexity index is 991. The van der Waals surface area contributed by atoms with Gasteiger partial charge in [0.15, 0.2) is 0 Å². The quantitative estimate of drug-likeness (QED) is 0.343. The van der Waals surface area contributed by atoms with E-state index >= 15 is 0 Å². The minimum Gasteiger partial charge on any atom is -0.424 e. The summed E-state index contributed by atoms with van der Waals surface area (Å²) in [7, 11) is -3.09. The van der Waals surface area contributed by atoms with Crippen molar-refractivity contribution in [1.29, 1.82) is 0 Å². The van der Waals surface area contributed by atoms with Gasteiger partial charge in [-0.25, -0.2) is 0 Å². The van der Waals surface area contributed by atoms with Gasteiger partial charge in [0.05, 0.1) is 6.04 Å². The van der Waals surface area contributed by atoms with Crippen molar-refractivity contribution in [3.63, 3.8) is 0 Å². The highest BCUT2D eigenvalue weighted by molar-refractivity contribution is 6.98. The summed E-state index contributed by atoms with van der Waals surface area (Å²) in [6, 6.07) is 19.6. The zero-order chi connectivity index (χ0) is 26.1. The summed E-state index contributed by atoms with van der Waals surface area (Å²) in [6.45, 7) is 12.1. The smallest absolute Gasteiger partial charge is 0.258 e. The molecule has 0 radical (unpaired) electrons. The van der Waals surface area contributed by atoms with Crippen LogP contribution in [-0.4, -0.2) is 25.1 Å². The van der Waals surface area contributed by atoms with Gasteiger partial charge in [-0.15, -0.1) is 11.8 Å². The molecular weight excluding hydrogens is 448 g/mol. The zero-order valence-electron chi connectivity index (χ0n) is 22.1. The molecular formula is C30H42N2O2Si. The van der Waals surface area contributed by atoms with Crippen molar-refractivity contribution in [2.24, 2.45) is 17.1 Å². The van der Waals surface area contributed by atoms with Crippen molar-refractivity contribution in [2.45, 2.75) is 71.9 Å². The van der Waals surface area contributed by atoms with E-state index in [1.54, 1.807) is 6.20 Å². The van der Waals surface area contributed by atoms with Gasteiger partial charge in [-0.2, -0.15) is 0 Å². The van der Waals surface area contributed by atoms with Crippen LogP contribution in [0.1, 0.15) is 60.8 Å². The Balaban J connectivity index is 2.27. The van der Waals surface area contributed by atoms with E-state index in [-0.39, 0.29) is 22.3 Å². The van der Waals surface area contributed by atoms with Crippen LogP contribution < -0.4 is 21.4 Å². The SMILES string of the molecule is CC#CC[C@@H](C/C=C\NC(=O)[C@@H](N)C(C)(C)C)CC(C)(C)[Si](O)(c1ccccc1)c1ccccc1. The largest absolute Gasteiger partial charge is 0.424 e. The molecule has 188 valence electrons. The standard InChI is InChI=1S/C30H42N2O2Si/c1-7-8-16-24(17-15-22-32-28(33)27(31)29(2,3)4)23-30(5,6)35(34,25-18-11-9-12-19-25)26-20-13-10-14-21-26/h9-15,18-22,24,27,34H,16-17,23,31H2,1-6H3,(H,32,33)/b22-15-/t24-,27+/m0/s1. The summed E-state index contributed by atoms with van der Waals surface area (Å²) in [5.74, 6) is 6.29. The Kier molecular flexibility index (Phi) is 10.1. The monoisotopic (exact) mass is 490 g/mol. The molecule has 0 aliphatic carbocycles. The zero-order valence-corrected chi connectivity index (χ0v) is 23.1. The second kappa shape index (κ2) is 12.4. The maximum Gasteiger partial charge on any atom is 0.258 e. The molecule has 2 aromatic carbocycles. The average molecular weight is 491 g/mol. The molecule has 0 saturated heterocycles. The highest BCUT2D eigenvalue weighted by Crippen LogP contribution is 2.43. The van der Waals surface area contributed by atoms with E-state index in [0.29, 0.717) is 0 Å². The van der Waals surface area contributed by atoms with E-state index in [1.807, 2.05) is 70.2 Å². The lowest BCUT2D eigenvalue weighted by Gasteiger charge is -2.43. The number of hydrogen-bond donors (Lipinski definition) is 3. The summed E-state index contributed by atoms with van der Waals surface area (Å²) < 4.78 is 0. The Morgan fingerprint density at radius 1 is 1.03 bits per heavy atom. The second-order valence-corrected chi connectivity index (χ2v) is 14.9. The molecule has 5 heteroatoms. The molecule has 35 heavy (non-hydrogen) atoms. The van der Waals surface area contributed by atoms with Crippen LogP contribution in [0.2, 0.25) is 5.04 Å². The normalized spacial score (nSPS) is 14.2. The molecule has 0 aliphatic heterocycles. The van der Waals surface area contributed by atoms with Gasteiger partial charge in [-0.05, 0) is 52.7 Å². The number of carbonyl (C=O) groups is 1. The van der Waals surface area contributed by atoms with E-state index in [4.69, 9.17) is 5.73 Å². The lowest BCUT2D eigenvalue weighted by molar-refractivity contribution is -0.123. The van der Waals surface area contributed by atoms with Crippen LogP contribution in [0.25, 0.3) is 0 Å². The first-order valence-corrected chi connectivity index (χ1v) is 14.3. The fourth-order valence-corrected chi connectivity index (χ4v) is 8.38. The number of hydrogen-bond acceptors (Lipinski definition) is 3. The number of nitrogens with one attached hydrogen (secondary N) is 1. The highest BCUT2D eigenvalue weighted by atomic mass is 28.4. The van der Waals surface area contributed by atoms with E-state index in [0.717, 1.165) is 29.6 Å². The molecule has 0 aliphatic rings. The van der Waals surface area contributed by atoms with Crippen molar-refractivity contribution in [3.05, 3.63) is 72.9 Å². The molecule has 2 atom stereocenters. The van der Waals surface area contributed by atoms with Gasteiger partial charge in [-0.1, -0.05) is 101 Å². The summed E-state index contributed by atoms with van der Waals surface area (Å²) in [5.41, 5.74) is 5.76. The molecule has 2 rings (SSSR count). The van der Waals surface area contributed by atoms with Gasteiger partial charge in [-0.3, -0.25) is 4.79 Å². The average Bonchev–Trinajstić information content (AvgIpc) is 2.84. The van der Waals surface area contributed by atoms with Gasteiger partial charge in [0, 0.05) is 6.42 Å². The minimum absolute atomic E-state index is 0.186. The molecule has 0 unspecified atom stereocenters. The van der Waals surface area contributed by atoms with Gasteiger partial charge in [0.2, 0.25) is 5.91 Å². The van der Waals surface area contributed by atoms with Crippen molar-refractivity contribution in [1.82, 2.24) is 5.32 Å². The maximum absolute atomic E-state index is 12.5. The van der Waals surface area contributed by atoms with E-state index in [1.165, 1.54) is 0 Å². The van der Waals surface area contributed by atoms with Crippen LogP contribution in [0.15, 0.2) is 72.9 Å². The van der Waals surface area contributed by atoms with E-state index in [9.17, 15) is 9.59 Å². The third kappa shape index (κ3) is 7.41. The first-order valence-electron chi connectivity index (χ1n) is 12.4. The first-order chi connectivity index (χ1) is 16.4. The number of carbonyl (C=O) groups excluding carboxylic acids is 1. The number of amides is 1. The fraction of sp³-hybridized carbons (Fsp3) is 0.433. The highest BCUT2D eigenvalue weighted by Gasteiger charge is 2.50. The van der Waals surface area contributed by atoms with E-state index in [2.05, 4.69) is 55.3 Å². The Morgan fingerprint density at radius 3 is 2.00 bits per heavy atom. The molecule has 0 fully saturated rings. The fourth-order valence-electron chi connectivity index (χ4n) is 4.55. The lowest BCUT2D eigenvalue weighted by atomic mass is 9.87. The molecule has 4 N–H and O–H groups in total. The summed E-state index contributed by atoms with van der Waals surface area (Å²) in [6.07, 6.45) is 5.96. The molecule has 2 aromatic rings. The number of rotatable bonds is 10. The minimum atomic E-state index is -3.09. The van der Waals surface area contributed by atoms with Gasteiger partial charge >= 0.3 is 0 Å². The molecule has 1 amide bonds. The van der Waals surface area contributed by atoms with Gasteiger partial charge in [0.1, 0.15) is 0 Å². The predicted octanol–water partition coefficient (Wildman–Crippen LogP) is 4.33. The van der Waals surface area contributed by atoms with Crippen LogP contribution in [-0.2, 0) is 4.79 Å². The summed E-state index contributed by atoms with van der Waals surface area (Å²) >= 11 is 0. The van der Waals surface area contributed by atoms with Crippen LogP contribution in [0.5, 0.6) is 0 Å². The van der Waals surface area contributed by atoms with Crippen LogP contribution in [0.3, 0.4) is 0 Å². The molecule has 0 bridgehead atoms. The van der Waals surface area contributed by atoms with Crippen molar-refractivity contribution in [3.8, 4) is 11.8 Å². The maximum atomic E-state index is 12.5. The lowest BCUT2D eigenvalue weighted by Crippen LogP contribution is -2.65. The first kappa shape index (κ1) is 28.6.